The number of amides is 1. The zero-order chi connectivity index (χ0) is 15.1. The molecule has 0 aliphatic rings. The minimum absolute atomic E-state index is 0.298. The van der Waals surface area contributed by atoms with Gasteiger partial charge in [0.15, 0.2) is 0 Å². The van der Waals surface area contributed by atoms with Crippen LogP contribution < -0.4 is 10.1 Å². The third kappa shape index (κ3) is 5.09. The number of hydrogen-bond donors (Lipinski definition) is 1. The van der Waals surface area contributed by atoms with Crippen molar-refractivity contribution in [3.05, 3.63) is 29.8 Å². The van der Waals surface area contributed by atoms with E-state index in [1.54, 1.807) is 24.3 Å². The molecule has 1 rings (SSSR count). The van der Waals surface area contributed by atoms with Crippen LogP contribution in [0.2, 0.25) is 0 Å². The Morgan fingerprint density at radius 2 is 1.75 bits per heavy atom. The fourth-order valence-electron chi connectivity index (χ4n) is 1.68. The van der Waals surface area contributed by atoms with E-state index in [-0.39, 0.29) is 5.91 Å². The highest BCUT2D eigenvalue weighted by atomic mass is 16.5. The maximum absolute atomic E-state index is 11.6. The predicted molar refractivity (Wildman–Crippen MR) is 71.1 cm³/mol. The number of nitrogens with one attached hydrogen (secondary N) is 1. The molecule has 0 radical (unpaired) electrons. The Morgan fingerprint density at radius 3 is 2.20 bits per heavy atom. The zero-order valence-electron chi connectivity index (χ0n) is 11.6. The Bertz CT molecular complexity index is 495. The first-order valence-corrected chi connectivity index (χ1v) is 6.04. The van der Waals surface area contributed by atoms with E-state index in [4.69, 9.17) is 4.74 Å². The Hall–Kier alpha value is -2.37. The SMILES string of the molecule is COC(=O)C(Cc1ccc(OC(C)=O)cc1)NC(C)=O. The van der Waals surface area contributed by atoms with E-state index in [9.17, 15) is 14.4 Å². The van der Waals surface area contributed by atoms with Gasteiger partial charge in [0.25, 0.3) is 0 Å². The second-order valence-electron chi connectivity index (χ2n) is 4.22. The summed E-state index contributed by atoms with van der Waals surface area (Å²) in [7, 11) is 1.26. The maximum Gasteiger partial charge on any atom is 0.328 e. The first-order chi connectivity index (χ1) is 9.42. The fourth-order valence-corrected chi connectivity index (χ4v) is 1.68. The van der Waals surface area contributed by atoms with E-state index in [0.29, 0.717) is 12.2 Å². The largest absolute Gasteiger partial charge is 0.467 e. The molecule has 1 unspecified atom stereocenters. The van der Waals surface area contributed by atoms with Gasteiger partial charge in [-0.1, -0.05) is 12.1 Å². The standard InChI is InChI=1S/C14H17NO5/c1-9(16)15-13(14(18)19-3)8-11-4-6-12(7-5-11)20-10(2)17/h4-7,13H,8H2,1-3H3,(H,15,16). The van der Waals surface area contributed by atoms with Gasteiger partial charge >= 0.3 is 11.9 Å². The smallest absolute Gasteiger partial charge is 0.328 e. The highest BCUT2D eigenvalue weighted by molar-refractivity contribution is 5.83. The molecule has 0 spiro atoms. The van der Waals surface area contributed by atoms with Gasteiger partial charge in [0.05, 0.1) is 7.11 Å². The molecule has 108 valence electrons. The average molecular weight is 279 g/mol. The number of ether oxygens (including phenoxy) is 2. The van der Waals surface area contributed by atoms with E-state index >= 15 is 0 Å². The molecule has 0 aromatic heterocycles. The van der Waals surface area contributed by atoms with Crippen molar-refractivity contribution in [3.63, 3.8) is 0 Å². The van der Waals surface area contributed by atoms with Crippen LogP contribution in [0.5, 0.6) is 5.75 Å². The van der Waals surface area contributed by atoms with Crippen molar-refractivity contribution in [2.45, 2.75) is 26.3 Å². The molecule has 0 saturated heterocycles. The molecular formula is C14H17NO5. The summed E-state index contributed by atoms with van der Waals surface area (Å²) in [5, 5.41) is 2.53. The van der Waals surface area contributed by atoms with E-state index in [1.807, 2.05) is 0 Å². The van der Waals surface area contributed by atoms with Crippen LogP contribution in [-0.4, -0.2) is 31.0 Å². The lowest BCUT2D eigenvalue weighted by Crippen LogP contribution is -2.41. The van der Waals surface area contributed by atoms with E-state index in [2.05, 4.69) is 10.1 Å². The Kier molecular flexibility index (Phi) is 5.71. The fraction of sp³-hybridized carbons (Fsp3) is 0.357. The molecule has 0 fully saturated rings. The molecule has 0 bridgehead atoms. The van der Waals surface area contributed by atoms with E-state index in [0.717, 1.165) is 5.56 Å². The summed E-state index contributed by atoms with van der Waals surface area (Å²) < 4.78 is 9.55. The summed E-state index contributed by atoms with van der Waals surface area (Å²) in [4.78, 5) is 33.4. The maximum atomic E-state index is 11.6. The molecule has 6 nitrogen and oxygen atoms in total. The Morgan fingerprint density at radius 1 is 1.15 bits per heavy atom. The van der Waals surface area contributed by atoms with Crippen molar-refractivity contribution in [1.29, 1.82) is 0 Å². The molecule has 1 N–H and O–H groups in total. The second kappa shape index (κ2) is 7.28. The minimum Gasteiger partial charge on any atom is -0.467 e. The molecule has 1 amide bonds. The van der Waals surface area contributed by atoms with Crippen molar-refractivity contribution >= 4 is 17.8 Å². The first-order valence-electron chi connectivity index (χ1n) is 6.04. The van der Waals surface area contributed by atoms with Gasteiger partial charge in [-0.3, -0.25) is 9.59 Å². The van der Waals surface area contributed by atoms with Crippen molar-refractivity contribution in [1.82, 2.24) is 5.32 Å². The van der Waals surface area contributed by atoms with Crippen LogP contribution in [0, 0.1) is 0 Å². The Balaban J connectivity index is 2.75. The summed E-state index contributed by atoms with van der Waals surface area (Å²) >= 11 is 0. The van der Waals surface area contributed by atoms with E-state index in [1.165, 1.54) is 21.0 Å². The van der Waals surface area contributed by atoms with Crippen LogP contribution in [-0.2, 0) is 25.5 Å². The summed E-state index contributed by atoms with van der Waals surface area (Å²) in [6, 6.07) is 5.95. The highest BCUT2D eigenvalue weighted by Crippen LogP contribution is 2.14. The van der Waals surface area contributed by atoms with Crippen molar-refractivity contribution in [2.75, 3.05) is 7.11 Å². The van der Waals surface area contributed by atoms with Gasteiger partial charge in [-0.25, -0.2) is 4.79 Å². The molecule has 1 aromatic carbocycles. The number of esters is 2. The molecule has 1 aromatic rings. The third-order valence-corrected chi connectivity index (χ3v) is 2.49. The second-order valence-corrected chi connectivity index (χ2v) is 4.22. The molecule has 1 atom stereocenters. The van der Waals surface area contributed by atoms with Gasteiger partial charge in [0.2, 0.25) is 5.91 Å². The molecule has 0 heterocycles. The summed E-state index contributed by atoms with van der Waals surface area (Å²) in [5.74, 6) is -0.792. The van der Waals surface area contributed by atoms with Gasteiger partial charge in [-0.05, 0) is 17.7 Å². The number of hydrogen-bond acceptors (Lipinski definition) is 5. The van der Waals surface area contributed by atoms with Crippen LogP contribution in [0.4, 0.5) is 0 Å². The predicted octanol–water partition coefficient (Wildman–Crippen LogP) is 0.832. The third-order valence-electron chi connectivity index (χ3n) is 2.49. The Labute approximate surface area is 117 Å². The lowest BCUT2D eigenvalue weighted by atomic mass is 10.1. The molecule has 0 aliphatic heterocycles. The topological polar surface area (TPSA) is 81.7 Å². The first kappa shape index (κ1) is 15.7. The number of benzene rings is 1. The molecule has 6 heteroatoms. The van der Waals surface area contributed by atoms with Gasteiger partial charge in [-0.2, -0.15) is 0 Å². The monoisotopic (exact) mass is 279 g/mol. The van der Waals surface area contributed by atoms with Crippen LogP contribution in [0.15, 0.2) is 24.3 Å². The summed E-state index contributed by atoms with van der Waals surface area (Å²) in [5.41, 5.74) is 0.810. The highest BCUT2D eigenvalue weighted by Gasteiger charge is 2.20. The van der Waals surface area contributed by atoms with Crippen molar-refractivity contribution in [2.24, 2.45) is 0 Å². The molecule has 0 saturated carbocycles. The average Bonchev–Trinajstić information content (AvgIpc) is 2.38. The zero-order valence-corrected chi connectivity index (χ0v) is 11.6. The lowest BCUT2D eigenvalue weighted by Gasteiger charge is -2.15. The summed E-state index contributed by atoms with van der Waals surface area (Å²) in [6.07, 6.45) is 0.298. The van der Waals surface area contributed by atoms with Gasteiger partial charge in [0, 0.05) is 20.3 Å². The minimum atomic E-state index is -0.739. The van der Waals surface area contributed by atoms with Crippen molar-refractivity contribution in [3.8, 4) is 5.75 Å². The molecule has 0 aliphatic carbocycles. The van der Waals surface area contributed by atoms with Crippen LogP contribution in [0.25, 0.3) is 0 Å². The number of rotatable bonds is 5. The number of methoxy groups -OCH3 is 1. The van der Waals surface area contributed by atoms with Gasteiger partial charge in [0.1, 0.15) is 11.8 Å². The van der Waals surface area contributed by atoms with Crippen LogP contribution in [0.3, 0.4) is 0 Å². The van der Waals surface area contributed by atoms with Crippen LogP contribution in [0.1, 0.15) is 19.4 Å². The lowest BCUT2D eigenvalue weighted by molar-refractivity contribution is -0.144. The normalized spacial score (nSPS) is 11.3. The van der Waals surface area contributed by atoms with E-state index < -0.39 is 18.0 Å². The number of carbonyl (C=O) groups is 3. The van der Waals surface area contributed by atoms with Crippen LogP contribution >= 0.6 is 0 Å². The summed E-state index contributed by atoms with van der Waals surface area (Å²) in [6.45, 7) is 2.65. The number of carbonyl (C=O) groups excluding carboxylic acids is 3. The van der Waals surface area contributed by atoms with Crippen molar-refractivity contribution < 1.29 is 23.9 Å². The quantitative estimate of drug-likeness (QED) is 0.638. The van der Waals surface area contributed by atoms with Gasteiger partial charge < -0.3 is 14.8 Å². The van der Waals surface area contributed by atoms with Gasteiger partial charge in [-0.15, -0.1) is 0 Å². The molecular weight excluding hydrogens is 262 g/mol. The molecule has 20 heavy (non-hydrogen) atoms.